The predicted octanol–water partition coefficient (Wildman–Crippen LogP) is 1.84. The third kappa shape index (κ3) is 4.91. The Balaban J connectivity index is 2.81. The van der Waals surface area contributed by atoms with E-state index in [2.05, 4.69) is 4.74 Å². The second kappa shape index (κ2) is 6.93. The Bertz CT molecular complexity index is 460. The van der Waals surface area contributed by atoms with Crippen molar-refractivity contribution in [1.29, 1.82) is 0 Å². The SMILES string of the molecule is CCOC(=O)[C@@H](Cc1ccccc1)NC(=O)C(F)(F)F. The average molecular weight is 289 g/mol. The lowest BCUT2D eigenvalue weighted by Gasteiger charge is -2.18. The molecule has 1 atom stereocenters. The van der Waals surface area contributed by atoms with Crippen LogP contribution in [0.15, 0.2) is 30.3 Å². The minimum atomic E-state index is -5.04. The zero-order valence-corrected chi connectivity index (χ0v) is 10.7. The molecule has 0 bridgehead atoms. The van der Waals surface area contributed by atoms with Crippen molar-refractivity contribution in [3.8, 4) is 0 Å². The van der Waals surface area contributed by atoms with Gasteiger partial charge in [-0.05, 0) is 12.5 Å². The van der Waals surface area contributed by atoms with Crippen LogP contribution in [0.25, 0.3) is 0 Å². The molecule has 0 saturated carbocycles. The van der Waals surface area contributed by atoms with Crippen molar-refractivity contribution < 1.29 is 27.5 Å². The molecule has 0 heterocycles. The molecular formula is C13H14F3NO3. The maximum absolute atomic E-state index is 12.2. The van der Waals surface area contributed by atoms with E-state index in [1.165, 1.54) is 6.92 Å². The van der Waals surface area contributed by atoms with E-state index in [0.717, 1.165) is 0 Å². The molecule has 1 N–H and O–H groups in total. The number of carbonyl (C=O) groups excluding carboxylic acids is 2. The van der Waals surface area contributed by atoms with Crippen LogP contribution in [0.4, 0.5) is 13.2 Å². The van der Waals surface area contributed by atoms with Crippen molar-refractivity contribution >= 4 is 11.9 Å². The summed E-state index contributed by atoms with van der Waals surface area (Å²) >= 11 is 0. The number of hydrogen-bond donors (Lipinski definition) is 1. The van der Waals surface area contributed by atoms with Crippen LogP contribution in [-0.4, -0.2) is 30.7 Å². The van der Waals surface area contributed by atoms with Gasteiger partial charge in [0.05, 0.1) is 6.61 Å². The second-order valence-corrected chi connectivity index (χ2v) is 3.97. The molecule has 0 aromatic heterocycles. The molecule has 1 aromatic carbocycles. The molecular weight excluding hydrogens is 275 g/mol. The van der Waals surface area contributed by atoms with Gasteiger partial charge in [0.25, 0.3) is 0 Å². The predicted molar refractivity (Wildman–Crippen MR) is 64.8 cm³/mol. The lowest BCUT2D eigenvalue weighted by atomic mass is 10.1. The third-order valence-electron chi connectivity index (χ3n) is 2.42. The van der Waals surface area contributed by atoms with Gasteiger partial charge in [0.2, 0.25) is 0 Å². The lowest BCUT2D eigenvalue weighted by molar-refractivity contribution is -0.175. The van der Waals surface area contributed by atoms with Crippen molar-refractivity contribution in [2.75, 3.05) is 6.61 Å². The van der Waals surface area contributed by atoms with Gasteiger partial charge >= 0.3 is 18.1 Å². The normalized spacial score (nSPS) is 12.6. The number of alkyl halides is 3. The summed E-state index contributed by atoms with van der Waals surface area (Å²) in [6.07, 6.45) is -5.11. The Labute approximate surface area is 113 Å². The quantitative estimate of drug-likeness (QED) is 0.842. The Hall–Kier alpha value is -2.05. The molecule has 7 heteroatoms. The molecule has 20 heavy (non-hydrogen) atoms. The summed E-state index contributed by atoms with van der Waals surface area (Å²) in [6.45, 7) is 1.55. The number of nitrogens with one attached hydrogen (secondary N) is 1. The number of halogens is 3. The summed E-state index contributed by atoms with van der Waals surface area (Å²) in [4.78, 5) is 22.5. The molecule has 4 nitrogen and oxygen atoms in total. The Kier molecular flexibility index (Phi) is 5.54. The fourth-order valence-corrected chi connectivity index (χ4v) is 1.53. The molecule has 0 fully saturated rings. The average Bonchev–Trinajstić information content (AvgIpc) is 2.38. The Morgan fingerprint density at radius 1 is 1.25 bits per heavy atom. The van der Waals surface area contributed by atoms with Crippen LogP contribution < -0.4 is 5.32 Å². The van der Waals surface area contributed by atoms with E-state index in [1.807, 2.05) is 0 Å². The van der Waals surface area contributed by atoms with Crippen LogP contribution >= 0.6 is 0 Å². The molecule has 1 aromatic rings. The molecule has 0 spiro atoms. The number of benzene rings is 1. The summed E-state index contributed by atoms with van der Waals surface area (Å²) in [5.41, 5.74) is 0.619. The maximum atomic E-state index is 12.2. The second-order valence-electron chi connectivity index (χ2n) is 3.97. The molecule has 0 aliphatic heterocycles. The highest BCUT2D eigenvalue weighted by atomic mass is 19.4. The minimum Gasteiger partial charge on any atom is -0.464 e. The highest BCUT2D eigenvalue weighted by molar-refractivity contribution is 5.87. The topological polar surface area (TPSA) is 55.4 Å². The van der Waals surface area contributed by atoms with Gasteiger partial charge in [0, 0.05) is 6.42 Å². The largest absolute Gasteiger partial charge is 0.471 e. The van der Waals surface area contributed by atoms with Crippen LogP contribution in [0.1, 0.15) is 12.5 Å². The van der Waals surface area contributed by atoms with Gasteiger partial charge in [-0.15, -0.1) is 0 Å². The first-order valence-corrected chi connectivity index (χ1v) is 5.92. The molecule has 1 amide bonds. The molecule has 110 valence electrons. The zero-order valence-electron chi connectivity index (χ0n) is 10.7. The first kappa shape index (κ1) is 16.0. The summed E-state index contributed by atoms with van der Waals surface area (Å²) in [5.74, 6) is -3.06. The molecule has 0 radical (unpaired) electrons. The number of carbonyl (C=O) groups is 2. The lowest BCUT2D eigenvalue weighted by Crippen LogP contribution is -2.48. The van der Waals surface area contributed by atoms with Crippen LogP contribution in [0.2, 0.25) is 0 Å². The van der Waals surface area contributed by atoms with Crippen molar-refractivity contribution in [1.82, 2.24) is 5.32 Å². The van der Waals surface area contributed by atoms with Crippen LogP contribution in [0.5, 0.6) is 0 Å². The van der Waals surface area contributed by atoms with Gasteiger partial charge in [-0.25, -0.2) is 4.79 Å². The van der Waals surface area contributed by atoms with E-state index in [1.54, 1.807) is 35.6 Å². The summed E-state index contributed by atoms with van der Waals surface area (Å²) in [7, 11) is 0. The van der Waals surface area contributed by atoms with Crippen LogP contribution in [-0.2, 0) is 20.7 Å². The van der Waals surface area contributed by atoms with Gasteiger partial charge < -0.3 is 10.1 Å². The summed E-state index contributed by atoms with van der Waals surface area (Å²) in [6, 6.07) is 7.02. The highest BCUT2D eigenvalue weighted by Crippen LogP contribution is 2.15. The minimum absolute atomic E-state index is 0.0199. The van der Waals surface area contributed by atoms with E-state index in [-0.39, 0.29) is 13.0 Å². The van der Waals surface area contributed by atoms with Crippen LogP contribution in [0.3, 0.4) is 0 Å². The molecule has 0 saturated heterocycles. The van der Waals surface area contributed by atoms with Gasteiger partial charge in [0.15, 0.2) is 0 Å². The van der Waals surface area contributed by atoms with E-state index in [9.17, 15) is 22.8 Å². The monoisotopic (exact) mass is 289 g/mol. The van der Waals surface area contributed by atoms with E-state index in [4.69, 9.17) is 0 Å². The van der Waals surface area contributed by atoms with E-state index >= 15 is 0 Å². The summed E-state index contributed by atoms with van der Waals surface area (Å²) < 4.78 is 41.4. The first-order valence-electron chi connectivity index (χ1n) is 5.92. The van der Waals surface area contributed by atoms with Crippen molar-refractivity contribution in [2.24, 2.45) is 0 Å². The fourth-order valence-electron chi connectivity index (χ4n) is 1.53. The fraction of sp³-hybridized carbons (Fsp3) is 0.385. The third-order valence-corrected chi connectivity index (χ3v) is 2.42. The van der Waals surface area contributed by atoms with Gasteiger partial charge in [0.1, 0.15) is 6.04 Å². The van der Waals surface area contributed by atoms with Crippen molar-refractivity contribution in [3.63, 3.8) is 0 Å². The number of rotatable bonds is 5. The molecule has 0 aliphatic carbocycles. The van der Waals surface area contributed by atoms with E-state index in [0.29, 0.717) is 5.56 Å². The Morgan fingerprint density at radius 3 is 2.35 bits per heavy atom. The Morgan fingerprint density at radius 2 is 1.85 bits per heavy atom. The molecule has 0 unspecified atom stereocenters. The van der Waals surface area contributed by atoms with Gasteiger partial charge in [-0.1, -0.05) is 30.3 Å². The molecule has 1 rings (SSSR count). The first-order chi connectivity index (χ1) is 9.34. The standard InChI is InChI=1S/C13H14F3NO3/c1-2-20-11(18)10(17-12(19)13(14,15)16)8-9-6-4-3-5-7-9/h3-7,10H,2,8H2,1H3,(H,17,19)/t10-/m1/s1. The molecule has 0 aliphatic rings. The van der Waals surface area contributed by atoms with E-state index < -0.39 is 24.1 Å². The van der Waals surface area contributed by atoms with Gasteiger partial charge in [-0.3, -0.25) is 4.79 Å². The number of amides is 1. The number of esters is 1. The number of ether oxygens (including phenoxy) is 1. The summed E-state index contributed by atoms with van der Waals surface area (Å²) in [5, 5.41) is 1.65. The van der Waals surface area contributed by atoms with Crippen LogP contribution in [0, 0.1) is 0 Å². The maximum Gasteiger partial charge on any atom is 0.471 e. The van der Waals surface area contributed by atoms with Crippen molar-refractivity contribution in [2.45, 2.75) is 25.6 Å². The number of hydrogen-bond acceptors (Lipinski definition) is 3. The van der Waals surface area contributed by atoms with Gasteiger partial charge in [-0.2, -0.15) is 13.2 Å². The van der Waals surface area contributed by atoms with Crippen molar-refractivity contribution in [3.05, 3.63) is 35.9 Å². The highest BCUT2D eigenvalue weighted by Gasteiger charge is 2.41. The zero-order chi connectivity index (χ0) is 15.2. The smallest absolute Gasteiger partial charge is 0.464 e.